The second kappa shape index (κ2) is 6.92. The lowest BCUT2D eigenvalue weighted by atomic mass is 9.94. The largest absolute Gasteiger partial charge is 0.488 e. The van der Waals surface area contributed by atoms with Gasteiger partial charge in [0.05, 0.1) is 23.5 Å². The van der Waals surface area contributed by atoms with E-state index >= 15 is 0 Å². The van der Waals surface area contributed by atoms with E-state index in [1.165, 1.54) is 0 Å². The molecule has 2 heterocycles. The van der Waals surface area contributed by atoms with Crippen LogP contribution in [0.4, 0.5) is 8.78 Å². The van der Waals surface area contributed by atoms with E-state index in [4.69, 9.17) is 22.1 Å². The summed E-state index contributed by atoms with van der Waals surface area (Å²) in [4.78, 5) is 25.1. The molecule has 1 atom stereocenters. The van der Waals surface area contributed by atoms with Crippen LogP contribution in [-0.4, -0.2) is 41.8 Å². The van der Waals surface area contributed by atoms with Crippen molar-refractivity contribution in [3.63, 3.8) is 0 Å². The van der Waals surface area contributed by atoms with E-state index in [0.717, 1.165) is 34.4 Å². The second-order valence-corrected chi connectivity index (χ2v) is 9.24. The van der Waals surface area contributed by atoms with Gasteiger partial charge in [0.2, 0.25) is 5.91 Å². The number of primary amides is 1. The van der Waals surface area contributed by atoms with E-state index in [1.54, 1.807) is 30.3 Å². The molecule has 1 saturated heterocycles. The molecule has 2 N–H and O–H groups in total. The molecule has 2 aromatic carbocycles. The second-order valence-electron chi connectivity index (χ2n) is 8.83. The predicted molar refractivity (Wildman–Crippen MR) is 111 cm³/mol. The highest BCUT2D eigenvalue weighted by Gasteiger charge is 2.51. The Morgan fingerprint density at radius 2 is 1.81 bits per heavy atom. The fourth-order valence-electron chi connectivity index (χ4n) is 4.45. The summed E-state index contributed by atoms with van der Waals surface area (Å²) in [6, 6.07) is 10.6. The number of likely N-dealkylation sites (tertiary alicyclic amines) is 1. The van der Waals surface area contributed by atoms with Crippen molar-refractivity contribution in [3.8, 4) is 16.9 Å². The molecule has 0 spiro atoms. The van der Waals surface area contributed by atoms with Gasteiger partial charge in [-0.2, -0.15) is 0 Å². The van der Waals surface area contributed by atoms with Crippen LogP contribution >= 0.6 is 11.6 Å². The van der Waals surface area contributed by atoms with Crippen molar-refractivity contribution in [1.29, 1.82) is 0 Å². The maximum atomic E-state index is 13.0. The summed E-state index contributed by atoms with van der Waals surface area (Å²) in [5.41, 5.74) is 8.17. The molecule has 5 rings (SSSR count). The average Bonchev–Trinajstić information content (AvgIpc) is 3.37. The van der Waals surface area contributed by atoms with Crippen LogP contribution in [0.1, 0.15) is 35.2 Å². The summed E-state index contributed by atoms with van der Waals surface area (Å²) in [5, 5.41) is 0.488. The lowest BCUT2D eigenvalue weighted by Crippen LogP contribution is -2.58. The number of alkyl halides is 2. The molecule has 0 bridgehead atoms. The van der Waals surface area contributed by atoms with Gasteiger partial charge < -0.3 is 15.4 Å². The van der Waals surface area contributed by atoms with Gasteiger partial charge in [0, 0.05) is 12.0 Å². The minimum atomic E-state index is -2.78. The topological polar surface area (TPSA) is 72.6 Å². The van der Waals surface area contributed by atoms with E-state index in [2.05, 4.69) is 0 Å². The van der Waals surface area contributed by atoms with E-state index in [9.17, 15) is 18.4 Å². The van der Waals surface area contributed by atoms with Crippen LogP contribution in [0.25, 0.3) is 11.1 Å². The van der Waals surface area contributed by atoms with Crippen molar-refractivity contribution in [1.82, 2.24) is 4.90 Å². The van der Waals surface area contributed by atoms with Crippen LogP contribution in [0.3, 0.4) is 0 Å². The molecule has 3 aliphatic rings. The van der Waals surface area contributed by atoms with E-state index < -0.39 is 30.3 Å². The Balaban J connectivity index is 1.31. The molecule has 31 heavy (non-hydrogen) atoms. The van der Waals surface area contributed by atoms with Gasteiger partial charge >= 0.3 is 0 Å². The third-order valence-electron chi connectivity index (χ3n) is 6.44. The molecule has 2 aliphatic heterocycles. The first-order valence-electron chi connectivity index (χ1n) is 10.2. The molecule has 1 aliphatic carbocycles. The zero-order chi connectivity index (χ0) is 22.0. The number of hydrogen-bond donors (Lipinski definition) is 1. The SMILES string of the molecule is NC(=O)C1(CC2Cc3cc(-c4ccc(C(=O)N5CC(F)(F)C5)cc4)cc(Cl)c3O2)CC1. The van der Waals surface area contributed by atoms with Crippen molar-refractivity contribution in [3.05, 3.63) is 52.5 Å². The van der Waals surface area contributed by atoms with Gasteiger partial charge in [-0.25, -0.2) is 8.78 Å². The minimum absolute atomic E-state index is 0.132. The smallest absolute Gasteiger partial charge is 0.282 e. The Labute approximate surface area is 183 Å². The highest BCUT2D eigenvalue weighted by Crippen LogP contribution is 2.52. The summed E-state index contributed by atoms with van der Waals surface area (Å²) in [6.07, 6.45) is 2.72. The first kappa shape index (κ1) is 20.2. The van der Waals surface area contributed by atoms with Crippen LogP contribution in [0.5, 0.6) is 5.75 Å². The Morgan fingerprint density at radius 1 is 1.13 bits per heavy atom. The molecular weight excluding hydrogens is 426 g/mol. The lowest BCUT2D eigenvalue weighted by Gasteiger charge is -2.38. The zero-order valence-electron chi connectivity index (χ0n) is 16.7. The third kappa shape index (κ3) is 3.65. The lowest BCUT2D eigenvalue weighted by molar-refractivity contribution is -0.124. The van der Waals surface area contributed by atoms with Crippen molar-refractivity contribution >= 4 is 23.4 Å². The van der Waals surface area contributed by atoms with Crippen molar-refractivity contribution < 1.29 is 23.1 Å². The van der Waals surface area contributed by atoms with Gasteiger partial charge in [0.25, 0.3) is 11.8 Å². The number of carbonyl (C=O) groups is 2. The minimum Gasteiger partial charge on any atom is -0.488 e. The molecule has 2 fully saturated rings. The molecule has 0 radical (unpaired) electrons. The quantitative estimate of drug-likeness (QED) is 0.752. The van der Waals surface area contributed by atoms with Crippen LogP contribution in [0.2, 0.25) is 5.02 Å². The number of benzene rings is 2. The number of nitrogens with zero attached hydrogens (tertiary/aromatic N) is 1. The fourth-order valence-corrected chi connectivity index (χ4v) is 4.73. The summed E-state index contributed by atoms with van der Waals surface area (Å²) in [7, 11) is 0. The van der Waals surface area contributed by atoms with Gasteiger partial charge in [-0.05, 0) is 60.2 Å². The highest BCUT2D eigenvalue weighted by atomic mass is 35.5. The van der Waals surface area contributed by atoms with Gasteiger partial charge in [0.15, 0.2) is 0 Å². The molecule has 162 valence electrons. The maximum Gasteiger partial charge on any atom is 0.282 e. The highest BCUT2D eigenvalue weighted by molar-refractivity contribution is 6.32. The van der Waals surface area contributed by atoms with Crippen LogP contribution < -0.4 is 10.5 Å². The van der Waals surface area contributed by atoms with E-state index in [1.807, 2.05) is 6.07 Å². The van der Waals surface area contributed by atoms with E-state index in [0.29, 0.717) is 29.2 Å². The summed E-state index contributed by atoms with van der Waals surface area (Å²) in [5.74, 6) is -2.81. The number of halogens is 3. The number of nitrogens with two attached hydrogens (primary N) is 1. The summed E-state index contributed by atoms with van der Waals surface area (Å²) < 4.78 is 32.1. The van der Waals surface area contributed by atoms with Crippen molar-refractivity contribution in [2.45, 2.75) is 37.7 Å². The van der Waals surface area contributed by atoms with Gasteiger partial charge in [-0.3, -0.25) is 9.59 Å². The number of hydrogen-bond acceptors (Lipinski definition) is 3. The number of amides is 2. The number of rotatable bonds is 5. The molecule has 0 aromatic heterocycles. The summed E-state index contributed by atoms with van der Waals surface area (Å²) in [6.45, 7) is -1.07. The monoisotopic (exact) mass is 446 g/mol. The number of ether oxygens (including phenoxy) is 1. The number of carbonyl (C=O) groups excluding carboxylic acids is 2. The molecule has 5 nitrogen and oxygen atoms in total. The van der Waals surface area contributed by atoms with Crippen molar-refractivity contribution in [2.75, 3.05) is 13.1 Å². The van der Waals surface area contributed by atoms with Crippen LogP contribution in [0.15, 0.2) is 36.4 Å². The number of fused-ring (bicyclic) bond motifs is 1. The third-order valence-corrected chi connectivity index (χ3v) is 6.72. The standard InChI is InChI=1S/C23H21ClF2N2O3/c24-18-9-15(7-16-8-17(31-19(16)18)10-22(5-6-22)21(27)30)13-1-3-14(4-2-13)20(29)28-11-23(25,26)12-28/h1-4,7,9,17H,5-6,8,10-12H2,(H2,27,30). The molecule has 2 aromatic rings. The molecular formula is C23H21ClF2N2O3. The van der Waals surface area contributed by atoms with Crippen LogP contribution in [0, 0.1) is 5.41 Å². The first-order valence-corrected chi connectivity index (χ1v) is 10.6. The Hall–Kier alpha value is -2.67. The predicted octanol–water partition coefficient (Wildman–Crippen LogP) is 4.06. The maximum absolute atomic E-state index is 13.0. The van der Waals surface area contributed by atoms with Gasteiger partial charge in [-0.15, -0.1) is 0 Å². The van der Waals surface area contributed by atoms with Gasteiger partial charge in [0.1, 0.15) is 11.9 Å². The zero-order valence-corrected chi connectivity index (χ0v) is 17.4. The molecule has 8 heteroatoms. The average molecular weight is 447 g/mol. The van der Waals surface area contributed by atoms with Crippen LogP contribution in [-0.2, 0) is 11.2 Å². The van der Waals surface area contributed by atoms with Crippen molar-refractivity contribution in [2.24, 2.45) is 11.1 Å². The summed E-state index contributed by atoms with van der Waals surface area (Å²) >= 11 is 6.47. The van der Waals surface area contributed by atoms with Gasteiger partial charge in [-0.1, -0.05) is 23.7 Å². The first-order chi connectivity index (χ1) is 14.7. The van der Waals surface area contributed by atoms with E-state index in [-0.39, 0.29) is 12.0 Å². The fraction of sp³-hybridized carbons (Fsp3) is 0.391. The Kier molecular flexibility index (Phi) is 4.52. The molecule has 1 unspecified atom stereocenters. The normalized spacial score (nSPS) is 22.3. The molecule has 2 amide bonds. The Bertz CT molecular complexity index is 1070. The molecule has 1 saturated carbocycles. The Morgan fingerprint density at radius 3 is 2.39 bits per heavy atom.